The molecule has 0 saturated carbocycles. The van der Waals surface area contributed by atoms with Crippen LogP contribution in [0.5, 0.6) is 0 Å². The first-order valence-corrected chi connectivity index (χ1v) is 20.2. The molecule has 0 heterocycles. The van der Waals surface area contributed by atoms with Crippen LogP contribution in [0.4, 0.5) is 0 Å². The Bertz CT molecular complexity index is 688. The summed E-state index contributed by atoms with van der Waals surface area (Å²) >= 11 is 0. The number of nitrogens with one attached hydrogen (secondary N) is 2. The summed E-state index contributed by atoms with van der Waals surface area (Å²) in [6.45, 7) is 12.3. The molecule has 0 spiro atoms. The summed E-state index contributed by atoms with van der Waals surface area (Å²) in [7, 11) is -8.23. The van der Waals surface area contributed by atoms with Crippen LogP contribution in [0, 0.1) is 0 Å². The molecule has 0 aliphatic heterocycles. The van der Waals surface area contributed by atoms with E-state index in [4.69, 9.17) is 48.7 Å². The number of ether oxygens (including phenoxy) is 3. The molecule has 278 valence electrons. The summed E-state index contributed by atoms with van der Waals surface area (Å²) in [6.07, 6.45) is -1.86. The predicted octanol–water partition coefficient (Wildman–Crippen LogP) is -4.73. The molecule has 17 nitrogen and oxygen atoms in total. The van der Waals surface area contributed by atoms with Gasteiger partial charge in [-0.2, -0.15) is 0 Å². The molecule has 0 aromatic heterocycles. The number of aliphatic hydroxyl groups is 3. The molecule has 0 bridgehead atoms. The highest BCUT2D eigenvalue weighted by Gasteiger charge is 2.26. The third-order valence-electron chi connectivity index (χ3n) is 6.47. The van der Waals surface area contributed by atoms with E-state index in [-0.39, 0.29) is 76.7 Å². The van der Waals surface area contributed by atoms with E-state index in [1.54, 1.807) is 0 Å². The topological polar surface area (TPSA) is 266 Å². The fourth-order valence-electron chi connectivity index (χ4n) is 4.30. The van der Waals surface area contributed by atoms with Gasteiger partial charge in [0, 0.05) is 97.3 Å². The molecule has 13 N–H and O–H groups in total. The number of hydrogen-bond acceptors (Lipinski definition) is 17. The molecule has 0 radical (unpaired) electrons. The van der Waals surface area contributed by atoms with Crippen LogP contribution in [-0.4, -0.2) is 200 Å². The Morgan fingerprint density at radius 2 is 1.04 bits per heavy atom. The lowest BCUT2D eigenvalue weighted by Crippen LogP contribution is -2.45. The zero-order valence-electron chi connectivity index (χ0n) is 28.1. The normalized spacial score (nSPS) is 15.2. The third kappa shape index (κ3) is 32.3. The molecule has 0 aromatic rings. The highest BCUT2D eigenvalue weighted by Crippen LogP contribution is 2.08. The van der Waals surface area contributed by atoms with Crippen LogP contribution < -0.4 is 16.4 Å². The second-order valence-electron chi connectivity index (χ2n) is 12.6. The zero-order chi connectivity index (χ0) is 35.1. The monoisotopic (exact) mass is 707 g/mol. The van der Waals surface area contributed by atoms with Gasteiger partial charge in [0.1, 0.15) is 0 Å². The summed E-state index contributed by atoms with van der Waals surface area (Å²) in [5.74, 6) is 0. The van der Waals surface area contributed by atoms with Crippen LogP contribution in [0.2, 0.25) is 12.1 Å². The van der Waals surface area contributed by atoms with Crippen molar-refractivity contribution < 1.29 is 58.3 Å². The summed E-state index contributed by atoms with van der Waals surface area (Å²) in [5.41, 5.74) is 5.43. The summed E-state index contributed by atoms with van der Waals surface area (Å²) in [6, 6.07) is -0.301. The molecular weight excluding hydrogens is 642 g/mol. The summed E-state index contributed by atoms with van der Waals surface area (Å²) < 4.78 is 16.4. The van der Waals surface area contributed by atoms with E-state index in [0.717, 1.165) is 13.1 Å². The molecule has 0 saturated heterocycles. The summed E-state index contributed by atoms with van der Waals surface area (Å²) in [5, 5.41) is 37.9. The van der Waals surface area contributed by atoms with E-state index < -0.39 is 35.9 Å². The quantitative estimate of drug-likeness (QED) is 0.0238. The van der Waals surface area contributed by atoms with Gasteiger partial charge >= 0.3 is 17.6 Å². The second-order valence-corrected chi connectivity index (χ2v) is 16.7. The van der Waals surface area contributed by atoms with Crippen molar-refractivity contribution in [2.24, 2.45) is 5.73 Å². The molecule has 19 heteroatoms. The first-order valence-electron chi connectivity index (χ1n) is 16.1. The molecule has 3 unspecified atom stereocenters. The van der Waals surface area contributed by atoms with Crippen molar-refractivity contribution in [3.05, 3.63) is 0 Å². The van der Waals surface area contributed by atoms with E-state index in [1.165, 1.54) is 0 Å². The minimum absolute atomic E-state index is 0.00574. The number of nitrogens with two attached hydrogens (primary N) is 1. The molecule has 0 aromatic carbocycles. The van der Waals surface area contributed by atoms with Crippen molar-refractivity contribution in [3.63, 3.8) is 0 Å². The Balaban J connectivity index is 4.51. The largest absolute Gasteiger partial charge is 0.492 e. The molecule has 0 rings (SSSR count). The molecule has 0 aliphatic carbocycles. The molecule has 46 heavy (non-hydrogen) atoms. The smallest absolute Gasteiger partial charge is 0.390 e. The molecule has 0 fully saturated rings. The van der Waals surface area contributed by atoms with E-state index >= 15 is 0 Å². The van der Waals surface area contributed by atoms with Gasteiger partial charge in [-0.05, 0) is 33.6 Å². The Morgan fingerprint density at radius 1 is 0.630 bits per heavy atom. The van der Waals surface area contributed by atoms with Crippen molar-refractivity contribution >= 4 is 17.6 Å². The first kappa shape index (κ1) is 45.8. The van der Waals surface area contributed by atoms with Gasteiger partial charge in [0.25, 0.3) is 0 Å². The van der Waals surface area contributed by atoms with Crippen LogP contribution in [-0.2, 0) is 14.2 Å². The standard InChI is InChI=1S/C27H65N5O12Si2/c1-27(2,3)44-23-26(35)18-31(11-6-28)12-9-29-7-8-30-10-13-32(19-24(33)21-42-14-4-16-45(36,37)38)20-25(34)22-43-15-5-17-46(39,40)41/h24-26,29-30,33-41H,4-23,28H2,1-3H3. The van der Waals surface area contributed by atoms with Crippen LogP contribution in [0.1, 0.15) is 33.6 Å². The zero-order valence-corrected chi connectivity index (χ0v) is 30.1. The maximum atomic E-state index is 10.5. The van der Waals surface area contributed by atoms with Crippen molar-refractivity contribution in [1.82, 2.24) is 20.4 Å². The highest BCUT2D eigenvalue weighted by molar-refractivity contribution is 6.56. The number of rotatable bonds is 31. The van der Waals surface area contributed by atoms with Crippen molar-refractivity contribution in [2.45, 2.75) is 69.6 Å². The van der Waals surface area contributed by atoms with E-state index in [0.29, 0.717) is 45.8 Å². The Kier molecular flexibility index (Phi) is 25.5. The Labute approximate surface area is 276 Å². The SMILES string of the molecule is CC(C)(C)OCC(O)CN(CCN)CCNCCNCCN(CC(O)COCCC[Si](O)(O)O)CC(O)COCCC[Si](O)(O)O. The molecule has 3 atom stereocenters. The number of hydrogen-bond donors (Lipinski definition) is 12. The maximum Gasteiger partial charge on any atom is 0.492 e. The van der Waals surface area contributed by atoms with E-state index in [2.05, 4.69) is 15.5 Å². The average molecular weight is 708 g/mol. The minimum Gasteiger partial charge on any atom is -0.390 e. The van der Waals surface area contributed by atoms with Gasteiger partial charge in [-0.15, -0.1) is 0 Å². The minimum atomic E-state index is -4.11. The van der Waals surface area contributed by atoms with Crippen molar-refractivity contribution in [1.29, 1.82) is 0 Å². The van der Waals surface area contributed by atoms with Gasteiger partial charge in [-0.25, -0.2) is 0 Å². The highest BCUT2D eigenvalue weighted by atomic mass is 28.4. The average Bonchev–Trinajstić information content (AvgIpc) is 2.91. The van der Waals surface area contributed by atoms with Gasteiger partial charge in [0.15, 0.2) is 0 Å². The Hall–Kier alpha value is -0.246. The fourth-order valence-corrected chi connectivity index (χ4v) is 5.53. The van der Waals surface area contributed by atoms with Crippen LogP contribution in [0.3, 0.4) is 0 Å². The van der Waals surface area contributed by atoms with Gasteiger partial charge in [-0.1, -0.05) is 0 Å². The van der Waals surface area contributed by atoms with Crippen molar-refractivity contribution in [2.75, 3.05) is 105 Å². The van der Waals surface area contributed by atoms with E-state index in [1.807, 2.05) is 25.7 Å². The van der Waals surface area contributed by atoms with Gasteiger partial charge < -0.3 is 74.7 Å². The fraction of sp³-hybridized carbons (Fsp3) is 1.00. The lowest BCUT2D eigenvalue weighted by molar-refractivity contribution is -0.0558. The van der Waals surface area contributed by atoms with Crippen LogP contribution >= 0.6 is 0 Å². The summed E-state index contributed by atoms with van der Waals surface area (Å²) in [4.78, 5) is 58.4. The lowest BCUT2D eigenvalue weighted by atomic mass is 10.2. The van der Waals surface area contributed by atoms with Gasteiger partial charge in [0.05, 0.1) is 43.7 Å². The van der Waals surface area contributed by atoms with Crippen molar-refractivity contribution in [3.8, 4) is 0 Å². The Morgan fingerprint density at radius 3 is 1.46 bits per heavy atom. The number of nitrogens with zero attached hydrogens (tertiary/aromatic N) is 2. The van der Waals surface area contributed by atoms with Crippen LogP contribution in [0.25, 0.3) is 0 Å². The molecular formula is C27H65N5O12Si2. The van der Waals surface area contributed by atoms with Crippen LogP contribution in [0.15, 0.2) is 0 Å². The second kappa shape index (κ2) is 25.7. The molecule has 0 aliphatic rings. The van der Waals surface area contributed by atoms with Gasteiger partial charge in [0.2, 0.25) is 0 Å². The lowest BCUT2D eigenvalue weighted by Gasteiger charge is -2.27. The van der Waals surface area contributed by atoms with Gasteiger partial charge in [-0.3, -0.25) is 9.80 Å². The number of aliphatic hydroxyl groups excluding tert-OH is 3. The maximum absolute atomic E-state index is 10.5. The predicted molar refractivity (Wildman–Crippen MR) is 177 cm³/mol. The first-order chi connectivity index (χ1) is 21.4. The molecule has 0 amide bonds. The third-order valence-corrected chi connectivity index (χ3v) is 8.52. The van der Waals surface area contributed by atoms with E-state index in [9.17, 15) is 15.3 Å².